The van der Waals surface area contributed by atoms with Gasteiger partial charge >= 0.3 is 5.97 Å². The Labute approximate surface area is 117 Å². The molecule has 1 atom stereocenters. The lowest BCUT2D eigenvalue weighted by Gasteiger charge is -2.10. The Balaban J connectivity index is 2.52. The zero-order valence-electron chi connectivity index (χ0n) is 10.4. The number of fused-ring (bicyclic) bond motifs is 1. The van der Waals surface area contributed by atoms with Gasteiger partial charge in [-0.2, -0.15) is 0 Å². The first-order valence-electron chi connectivity index (χ1n) is 5.70. The van der Waals surface area contributed by atoms with Crippen LogP contribution in [0.15, 0.2) is 29.1 Å². The van der Waals surface area contributed by atoms with Crippen molar-refractivity contribution in [3.8, 4) is 5.06 Å². The molecule has 0 saturated carbocycles. The van der Waals surface area contributed by atoms with Crippen LogP contribution in [-0.4, -0.2) is 28.1 Å². The van der Waals surface area contributed by atoms with Gasteiger partial charge in [0.2, 0.25) is 5.43 Å². The Morgan fingerprint density at radius 2 is 1.95 bits per heavy atom. The van der Waals surface area contributed by atoms with Crippen LogP contribution >= 0.6 is 11.3 Å². The van der Waals surface area contributed by atoms with Gasteiger partial charge in [0.05, 0.1) is 0 Å². The predicted molar refractivity (Wildman–Crippen MR) is 74.3 cm³/mol. The third kappa shape index (κ3) is 2.48. The molecule has 6 nitrogen and oxygen atoms in total. The number of benzene rings is 1. The van der Waals surface area contributed by atoms with Gasteiger partial charge in [-0.1, -0.05) is 23.5 Å². The first kappa shape index (κ1) is 14.0. The van der Waals surface area contributed by atoms with Crippen molar-refractivity contribution in [2.45, 2.75) is 13.0 Å². The zero-order valence-corrected chi connectivity index (χ0v) is 11.2. The molecule has 0 unspecified atom stereocenters. The van der Waals surface area contributed by atoms with Crippen molar-refractivity contribution >= 4 is 33.3 Å². The molecule has 7 heteroatoms. The van der Waals surface area contributed by atoms with E-state index in [9.17, 15) is 19.5 Å². The van der Waals surface area contributed by atoms with Gasteiger partial charge in [0.25, 0.3) is 5.91 Å². The van der Waals surface area contributed by atoms with Gasteiger partial charge in [-0.3, -0.25) is 14.4 Å². The van der Waals surface area contributed by atoms with E-state index in [1.807, 2.05) is 0 Å². The number of aromatic hydroxyl groups is 1. The Morgan fingerprint density at radius 3 is 2.60 bits per heavy atom. The zero-order chi connectivity index (χ0) is 14.9. The Bertz CT molecular complexity index is 752. The van der Waals surface area contributed by atoms with E-state index in [2.05, 4.69) is 5.32 Å². The molecule has 104 valence electrons. The van der Waals surface area contributed by atoms with Crippen LogP contribution in [0.4, 0.5) is 0 Å². The molecule has 2 rings (SSSR count). The second kappa shape index (κ2) is 5.30. The Kier molecular flexibility index (Phi) is 3.71. The number of carbonyl (C=O) groups excluding carboxylic acids is 1. The van der Waals surface area contributed by atoms with Gasteiger partial charge in [-0.05, 0) is 19.1 Å². The molecule has 0 fully saturated rings. The number of carbonyl (C=O) groups is 2. The molecule has 1 heterocycles. The molecule has 1 aromatic heterocycles. The summed E-state index contributed by atoms with van der Waals surface area (Å²) >= 11 is 0.894. The molecular weight excluding hydrogens is 282 g/mol. The van der Waals surface area contributed by atoms with E-state index in [1.54, 1.807) is 24.3 Å². The highest BCUT2D eigenvalue weighted by Gasteiger charge is 2.22. The number of nitrogens with one attached hydrogen (secondary N) is 1. The summed E-state index contributed by atoms with van der Waals surface area (Å²) in [4.78, 5) is 34.8. The van der Waals surface area contributed by atoms with Crippen LogP contribution in [0.2, 0.25) is 0 Å². The van der Waals surface area contributed by atoms with Crippen molar-refractivity contribution in [3.05, 3.63) is 40.1 Å². The number of carboxylic acid groups (broad SMARTS) is 1. The van der Waals surface area contributed by atoms with E-state index < -0.39 is 34.0 Å². The highest BCUT2D eigenvalue weighted by atomic mass is 32.1. The van der Waals surface area contributed by atoms with E-state index in [-0.39, 0.29) is 0 Å². The maximum Gasteiger partial charge on any atom is 0.325 e. The largest absolute Gasteiger partial charge is 0.499 e. The summed E-state index contributed by atoms with van der Waals surface area (Å²) in [5.74, 6) is -2.13. The smallest absolute Gasteiger partial charge is 0.325 e. The summed E-state index contributed by atoms with van der Waals surface area (Å²) in [6, 6.07) is 5.41. The number of aliphatic carboxylic acids is 1. The first-order valence-corrected chi connectivity index (χ1v) is 6.52. The SMILES string of the molecule is C[C@H](NC(=O)c1c(O)sc2ccccc2c1=O)C(=O)O. The number of amides is 1. The lowest BCUT2D eigenvalue weighted by atomic mass is 10.2. The molecule has 0 spiro atoms. The topological polar surface area (TPSA) is 104 Å². The van der Waals surface area contributed by atoms with E-state index in [1.165, 1.54) is 6.92 Å². The molecule has 3 N–H and O–H groups in total. The van der Waals surface area contributed by atoms with Crippen molar-refractivity contribution in [1.82, 2.24) is 5.32 Å². The fourth-order valence-electron chi connectivity index (χ4n) is 1.66. The second-order valence-corrected chi connectivity index (χ2v) is 5.17. The van der Waals surface area contributed by atoms with Crippen LogP contribution < -0.4 is 10.7 Å². The summed E-state index contributed by atoms with van der Waals surface area (Å²) in [7, 11) is 0. The molecule has 0 radical (unpaired) electrons. The Hall–Kier alpha value is -2.41. The molecule has 0 bridgehead atoms. The quantitative estimate of drug-likeness (QED) is 0.788. The molecule has 0 saturated heterocycles. The summed E-state index contributed by atoms with van der Waals surface area (Å²) in [6.07, 6.45) is 0. The van der Waals surface area contributed by atoms with E-state index >= 15 is 0 Å². The summed E-state index contributed by atoms with van der Waals surface area (Å²) in [5.41, 5.74) is -1.05. The third-order valence-corrected chi connectivity index (χ3v) is 3.70. The van der Waals surface area contributed by atoms with Gasteiger partial charge in [0.15, 0.2) is 5.06 Å². The number of rotatable bonds is 3. The summed E-state index contributed by atoms with van der Waals surface area (Å²) in [6.45, 7) is 1.27. The number of hydrogen-bond donors (Lipinski definition) is 3. The molecule has 2 aromatic rings. The number of carboxylic acids is 1. The van der Waals surface area contributed by atoms with Crippen molar-refractivity contribution in [2.75, 3.05) is 0 Å². The van der Waals surface area contributed by atoms with Crippen LogP contribution in [0, 0.1) is 0 Å². The molecular formula is C13H11NO5S. The van der Waals surface area contributed by atoms with Crippen molar-refractivity contribution in [3.63, 3.8) is 0 Å². The van der Waals surface area contributed by atoms with Crippen molar-refractivity contribution < 1.29 is 19.8 Å². The second-order valence-electron chi connectivity index (χ2n) is 4.14. The summed E-state index contributed by atoms with van der Waals surface area (Å²) in [5, 5.41) is 20.6. The first-order chi connectivity index (χ1) is 9.41. The lowest BCUT2D eigenvalue weighted by molar-refractivity contribution is -0.138. The summed E-state index contributed by atoms with van der Waals surface area (Å²) < 4.78 is 0.554. The van der Waals surface area contributed by atoms with Crippen LogP contribution in [0.3, 0.4) is 0 Å². The van der Waals surface area contributed by atoms with Crippen LogP contribution in [0.5, 0.6) is 5.06 Å². The standard InChI is InChI=1S/C13H11NO5S/c1-6(12(17)18)14-11(16)9-10(15)7-4-2-3-5-8(7)20-13(9)19/h2-6,19H,1H3,(H,14,16)(H,17,18)/t6-/m0/s1. The van der Waals surface area contributed by atoms with Crippen LogP contribution in [0.25, 0.3) is 10.1 Å². The van der Waals surface area contributed by atoms with E-state index in [0.29, 0.717) is 10.1 Å². The third-order valence-electron chi connectivity index (χ3n) is 2.72. The average molecular weight is 293 g/mol. The van der Waals surface area contributed by atoms with Gasteiger partial charge in [-0.15, -0.1) is 0 Å². The minimum atomic E-state index is -1.23. The highest BCUT2D eigenvalue weighted by Crippen LogP contribution is 2.27. The minimum absolute atomic E-state index is 0.309. The molecule has 20 heavy (non-hydrogen) atoms. The van der Waals surface area contributed by atoms with Crippen molar-refractivity contribution in [1.29, 1.82) is 0 Å². The van der Waals surface area contributed by atoms with Crippen LogP contribution in [0.1, 0.15) is 17.3 Å². The maximum atomic E-state index is 12.2. The average Bonchev–Trinajstić information content (AvgIpc) is 2.38. The van der Waals surface area contributed by atoms with Gasteiger partial charge in [-0.25, -0.2) is 0 Å². The van der Waals surface area contributed by atoms with Gasteiger partial charge in [0, 0.05) is 10.1 Å². The Morgan fingerprint density at radius 1 is 1.30 bits per heavy atom. The highest BCUT2D eigenvalue weighted by molar-refractivity contribution is 7.20. The van der Waals surface area contributed by atoms with Crippen LogP contribution in [-0.2, 0) is 4.79 Å². The van der Waals surface area contributed by atoms with E-state index in [0.717, 1.165) is 11.3 Å². The number of hydrogen-bond acceptors (Lipinski definition) is 5. The predicted octanol–water partition coefficient (Wildman–Crippen LogP) is 1.17. The molecule has 1 aromatic carbocycles. The molecule has 1 amide bonds. The molecule has 0 aliphatic rings. The van der Waals surface area contributed by atoms with Gasteiger partial charge in [0.1, 0.15) is 11.6 Å². The fraction of sp³-hybridized carbons (Fsp3) is 0.154. The monoisotopic (exact) mass is 293 g/mol. The van der Waals surface area contributed by atoms with Crippen molar-refractivity contribution in [2.24, 2.45) is 0 Å². The molecule has 0 aliphatic carbocycles. The normalized spacial score (nSPS) is 12.1. The maximum absolute atomic E-state index is 12.2. The molecule has 0 aliphatic heterocycles. The minimum Gasteiger partial charge on any atom is -0.499 e. The van der Waals surface area contributed by atoms with E-state index in [4.69, 9.17) is 5.11 Å². The van der Waals surface area contributed by atoms with Gasteiger partial charge < -0.3 is 15.5 Å². The fourth-order valence-corrected chi connectivity index (χ4v) is 2.57. The lowest BCUT2D eigenvalue weighted by Crippen LogP contribution is -2.40.